The van der Waals surface area contributed by atoms with Crippen LogP contribution in [0.25, 0.3) is 22.0 Å². The van der Waals surface area contributed by atoms with Crippen LogP contribution in [0.2, 0.25) is 0 Å². The van der Waals surface area contributed by atoms with Crippen molar-refractivity contribution < 1.29 is 9.59 Å². The number of hydrogen-bond acceptors (Lipinski definition) is 7. The van der Waals surface area contributed by atoms with Gasteiger partial charge in [0, 0.05) is 55.1 Å². The predicted octanol–water partition coefficient (Wildman–Crippen LogP) is 1.77. The van der Waals surface area contributed by atoms with Gasteiger partial charge in [0.1, 0.15) is 11.6 Å². The van der Waals surface area contributed by atoms with Crippen LogP contribution in [-0.2, 0) is 11.8 Å². The van der Waals surface area contributed by atoms with E-state index in [1.807, 2.05) is 42.2 Å². The summed E-state index contributed by atoms with van der Waals surface area (Å²) in [5.74, 6) is 1.06. The van der Waals surface area contributed by atoms with E-state index in [4.69, 9.17) is 5.73 Å². The molecule has 164 valence electrons. The van der Waals surface area contributed by atoms with E-state index in [9.17, 15) is 9.59 Å². The minimum atomic E-state index is -0.535. The molecule has 0 saturated carbocycles. The monoisotopic (exact) mass is 432 g/mol. The maximum atomic E-state index is 11.7. The molecule has 0 bridgehead atoms. The molecule has 4 rings (SSSR count). The topological polar surface area (TPSA) is 131 Å². The highest BCUT2D eigenvalue weighted by Gasteiger charge is 2.40. The third-order valence-corrected chi connectivity index (χ3v) is 5.29. The van der Waals surface area contributed by atoms with Gasteiger partial charge >= 0.3 is 6.03 Å². The SMILES string of the molecule is Cn1ncc(-c2cnc3ccccc3c2)cnc(N2CC(C)(NC(=O)NC=O)C2)cc1N. The minimum Gasteiger partial charge on any atom is -0.384 e. The Kier molecular flexibility index (Phi) is 5.59. The number of anilines is 2. The lowest BCUT2D eigenvalue weighted by Crippen LogP contribution is -2.70. The second kappa shape index (κ2) is 8.50. The highest BCUT2D eigenvalue weighted by molar-refractivity contribution is 5.85. The fourth-order valence-electron chi connectivity index (χ4n) is 3.60. The third-order valence-electron chi connectivity index (χ3n) is 5.29. The lowest BCUT2D eigenvalue weighted by atomic mass is 9.92. The first-order valence-electron chi connectivity index (χ1n) is 10.0. The number of hydrogen-bond donors (Lipinski definition) is 3. The Balaban J connectivity index is 1.67. The maximum Gasteiger partial charge on any atom is 0.321 e. The van der Waals surface area contributed by atoms with Crippen LogP contribution in [0.1, 0.15) is 6.92 Å². The van der Waals surface area contributed by atoms with Gasteiger partial charge in [-0.25, -0.2) is 9.78 Å². The predicted molar refractivity (Wildman–Crippen MR) is 122 cm³/mol. The number of rotatable bonds is 4. The second-order valence-electron chi connectivity index (χ2n) is 7.96. The van der Waals surface area contributed by atoms with Crippen LogP contribution in [0.5, 0.6) is 0 Å². The summed E-state index contributed by atoms with van der Waals surface area (Å²) in [6, 6.07) is 11.1. The molecule has 10 nitrogen and oxygen atoms in total. The van der Waals surface area contributed by atoms with E-state index < -0.39 is 11.6 Å². The summed E-state index contributed by atoms with van der Waals surface area (Å²) in [4.78, 5) is 33.3. The number of carbonyl (C=O) groups is 2. The Hall–Kier alpha value is -4.21. The minimum absolute atomic E-state index is 0.352. The Bertz CT molecular complexity index is 1230. The Labute approximate surface area is 184 Å². The van der Waals surface area contributed by atoms with E-state index in [-0.39, 0.29) is 0 Å². The molecule has 1 aliphatic heterocycles. The number of benzene rings is 1. The standard InChI is InChI=1S/C22H24N8O2/c1-22(28-21(32)26-14-31)12-30(13-22)20-8-19(23)29(2)27-11-17(10-25-20)16-7-15-5-3-4-6-18(15)24-9-16/h3-11,14H,12-13,23H2,1-2H3,(H2,26,28,31,32). The zero-order valence-electron chi connectivity index (χ0n) is 17.8. The van der Waals surface area contributed by atoms with Gasteiger partial charge in [0.05, 0.1) is 17.3 Å². The molecule has 1 fully saturated rings. The van der Waals surface area contributed by atoms with Gasteiger partial charge in [0.2, 0.25) is 6.41 Å². The second-order valence-corrected chi connectivity index (χ2v) is 7.96. The van der Waals surface area contributed by atoms with Gasteiger partial charge in [0.25, 0.3) is 0 Å². The van der Waals surface area contributed by atoms with Gasteiger partial charge in [-0.1, -0.05) is 18.2 Å². The van der Waals surface area contributed by atoms with E-state index in [0.717, 1.165) is 22.0 Å². The van der Waals surface area contributed by atoms with Crippen molar-refractivity contribution in [2.24, 2.45) is 7.05 Å². The molecular formula is C22H24N8O2. The summed E-state index contributed by atoms with van der Waals surface area (Å²) < 4.78 is 1.57. The third kappa shape index (κ3) is 4.43. The number of para-hydroxylation sites is 1. The number of aryl methyl sites for hydroxylation is 1. The molecule has 1 saturated heterocycles. The zero-order valence-corrected chi connectivity index (χ0v) is 17.8. The molecule has 2 aromatic heterocycles. The molecule has 3 aromatic rings. The van der Waals surface area contributed by atoms with Crippen molar-refractivity contribution in [3.05, 3.63) is 55.0 Å². The van der Waals surface area contributed by atoms with Gasteiger partial charge in [-0.3, -0.25) is 19.8 Å². The number of urea groups is 1. The number of imide groups is 1. The molecule has 32 heavy (non-hydrogen) atoms. The number of pyridine rings is 1. The number of fused-ring (bicyclic) bond motifs is 1. The molecule has 0 aliphatic carbocycles. The Morgan fingerprint density at radius 1 is 1.12 bits per heavy atom. The first-order valence-corrected chi connectivity index (χ1v) is 10.0. The van der Waals surface area contributed by atoms with Gasteiger partial charge in [-0.05, 0) is 19.1 Å². The van der Waals surface area contributed by atoms with E-state index in [1.165, 1.54) is 0 Å². The molecule has 0 atom stereocenters. The number of nitrogens with two attached hydrogens (primary N) is 1. The number of nitrogens with zero attached hydrogens (tertiary/aromatic N) is 5. The molecule has 0 unspecified atom stereocenters. The molecular weight excluding hydrogens is 408 g/mol. The summed E-state index contributed by atoms with van der Waals surface area (Å²) in [5, 5.41) is 10.3. The number of carbonyl (C=O) groups excluding carboxylic acids is 2. The highest BCUT2D eigenvalue weighted by atomic mass is 16.2. The number of nitrogens with one attached hydrogen (secondary N) is 2. The van der Waals surface area contributed by atoms with Crippen molar-refractivity contribution in [1.29, 1.82) is 0 Å². The van der Waals surface area contributed by atoms with Gasteiger partial charge in [-0.15, -0.1) is 0 Å². The normalized spacial score (nSPS) is 14.2. The summed E-state index contributed by atoms with van der Waals surface area (Å²) >= 11 is 0. The van der Waals surface area contributed by atoms with E-state index in [1.54, 1.807) is 36.4 Å². The van der Waals surface area contributed by atoms with Crippen LogP contribution < -0.4 is 21.3 Å². The lowest BCUT2D eigenvalue weighted by Gasteiger charge is -2.48. The van der Waals surface area contributed by atoms with Gasteiger partial charge in [0.15, 0.2) is 0 Å². The van der Waals surface area contributed by atoms with Gasteiger partial charge in [-0.2, -0.15) is 5.10 Å². The van der Waals surface area contributed by atoms with Crippen LogP contribution in [-0.4, -0.2) is 50.8 Å². The smallest absolute Gasteiger partial charge is 0.321 e. The molecule has 3 amide bonds. The molecule has 4 N–H and O–H groups in total. The highest BCUT2D eigenvalue weighted by Crippen LogP contribution is 2.27. The van der Waals surface area contributed by atoms with Crippen LogP contribution in [0.3, 0.4) is 0 Å². The van der Waals surface area contributed by atoms with Crippen molar-refractivity contribution in [3.63, 3.8) is 0 Å². The fourth-order valence-corrected chi connectivity index (χ4v) is 3.60. The van der Waals surface area contributed by atoms with Crippen molar-refractivity contribution >= 4 is 35.0 Å². The van der Waals surface area contributed by atoms with Crippen molar-refractivity contribution in [2.45, 2.75) is 12.5 Å². The Morgan fingerprint density at radius 2 is 1.88 bits per heavy atom. The summed E-state index contributed by atoms with van der Waals surface area (Å²) in [5.41, 5.74) is 8.26. The van der Waals surface area contributed by atoms with E-state index in [2.05, 4.69) is 25.7 Å². The average molecular weight is 432 g/mol. The van der Waals surface area contributed by atoms with Crippen LogP contribution in [0, 0.1) is 0 Å². The Morgan fingerprint density at radius 3 is 2.66 bits per heavy atom. The van der Waals surface area contributed by atoms with Crippen LogP contribution in [0.15, 0.2) is 55.0 Å². The molecule has 10 heteroatoms. The molecule has 1 aromatic carbocycles. The number of nitrogen functional groups attached to an aromatic ring is 1. The molecule has 3 heterocycles. The zero-order chi connectivity index (χ0) is 22.7. The van der Waals surface area contributed by atoms with Crippen LogP contribution >= 0.6 is 0 Å². The lowest BCUT2D eigenvalue weighted by molar-refractivity contribution is -0.108. The van der Waals surface area contributed by atoms with E-state index >= 15 is 0 Å². The first-order chi connectivity index (χ1) is 15.4. The van der Waals surface area contributed by atoms with Crippen molar-refractivity contribution in [1.82, 2.24) is 30.4 Å². The number of aromatic nitrogens is 4. The molecule has 0 spiro atoms. The molecule has 1 aliphatic rings. The summed E-state index contributed by atoms with van der Waals surface area (Å²) in [6.07, 6.45) is 5.57. The fraction of sp³-hybridized carbons (Fsp3) is 0.227. The summed E-state index contributed by atoms with van der Waals surface area (Å²) in [7, 11) is 1.76. The quantitative estimate of drug-likeness (QED) is 0.536. The van der Waals surface area contributed by atoms with Crippen molar-refractivity contribution in [2.75, 3.05) is 23.7 Å². The van der Waals surface area contributed by atoms with E-state index in [0.29, 0.717) is 31.1 Å². The number of amides is 3. The molecule has 0 radical (unpaired) electrons. The van der Waals surface area contributed by atoms with Crippen LogP contribution in [0.4, 0.5) is 16.4 Å². The maximum absolute atomic E-state index is 11.7. The van der Waals surface area contributed by atoms with Gasteiger partial charge < -0.3 is 16.0 Å². The average Bonchev–Trinajstić information content (AvgIpc) is 2.82. The first kappa shape index (κ1) is 21.0. The van der Waals surface area contributed by atoms with Crippen molar-refractivity contribution in [3.8, 4) is 11.1 Å². The summed E-state index contributed by atoms with van der Waals surface area (Å²) in [6.45, 7) is 2.91. The largest absolute Gasteiger partial charge is 0.384 e.